The number of carboxylic acid groups (broad SMARTS) is 1. The van der Waals surface area contributed by atoms with E-state index in [1.165, 1.54) is 4.90 Å². The predicted octanol–water partition coefficient (Wildman–Crippen LogP) is 14.2. The van der Waals surface area contributed by atoms with E-state index in [-0.39, 0.29) is 66.8 Å². The highest BCUT2D eigenvalue weighted by molar-refractivity contribution is 9.10. The highest BCUT2D eigenvalue weighted by atomic mass is 79.9. The fourth-order valence-electron chi connectivity index (χ4n) is 17.3. The molecule has 0 aliphatic carbocycles. The summed E-state index contributed by atoms with van der Waals surface area (Å²) >= 11 is 3.40. The molecule has 9 aromatic rings. The van der Waals surface area contributed by atoms with Crippen molar-refractivity contribution < 1.29 is 82.1 Å². The average Bonchev–Trinajstić information content (AvgIpc) is 1.64. The number of likely N-dealkylation sites (tertiary alicyclic amines) is 4. The molecule has 27 heteroatoms. The van der Waals surface area contributed by atoms with E-state index < -0.39 is 84.0 Å². The van der Waals surface area contributed by atoms with Crippen LogP contribution in [0, 0.1) is 17.9 Å². The van der Waals surface area contributed by atoms with Gasteiger partial charge in [0, 0.05) is 50.3 Å². The molecule has 7 saturated heterocycles. The van der Waals surface area contributed by atoms with Crippen LogP contribution in [0.2, 0.25) is 0 Å². The fraction of sp³-hybridized carbons (Fsp3) is 0.360. The number of aliphatic carboxylic acids is 1. The van der Waals surface area contributed by atoms with E-state index in [0.717, 1.165) is 117 Å². The van der Waals surface area contributed by atoms with Gasteiger partial charge in [-0.25, -0.2) is 9.64 Å². The van der Waals surface area contributed by atoms with Crippen molar-refractivity contribution in [3.05, 3.63) is 303 Å². The molecule has 0 bridgehead atoms. The number of amides is 7. The summed E-state index contributed by atoms with van der Waals surface area (Å²) in [6.07, 6.45) is -3.21. The van der Waals surface area contributed by atoms with Gasteiger partial charge in [0.15, 0.2) is 71.9 Å². The third-order valence-electron chi connectivity index (χ3n) is 23.4. The maximum Gasteiger partial charge on any atom is 0.336 e. The monoisotopic (exact) mass is 1780 g/mol. The number of halogens is 1. The Labute approximate surface area is 748 Å². The van der Waals surface area contributed by atoms with Crippen LogP contribution in [0.1, 0.15) is 162 Å². The second-order valence-corrected chi connectivity index (χ2v) is 34.4. The van der Waals surface area contributed by atoms with Crippen molar-refractivity contribution >= 4 is 68.9 Å². The number of hydrogen-bond donors (Lipinski definition) is 6. The minimum atomic E-state index is -1.87. The molecule has 7 fully saturated rings. The van der Waals surface area contributed by atoms with Crippen molar-refractivity contribution in [1.29, 1.82) is 5.26 Å². The molecule has 0 aromatic heterocycles. The zero-order valence-corrected chi connectivity index (χ0v) is 73.3. The number of para-hydroxylation sites is 1. The number of ether oxygens (including phenoxy) is 6. The van der Waals surface area contributed by atoms with Crippen LogP contribution < -0.4 is 16.0 Å². The quantitative estimate of drug-likeness (QED) is 0.0364. The first kappa shape index (κ1) is 92.5. The van der Waals surface area contributed by atoms with Gasteiger partial charge in [-0.15, -0.1) is 0 Å². The number of nitrogens with one attached hydrogen (secondary N) is 3. The molecule has 7 aliphatic rings. The Hall–Kier alpha value is -12.1. The molecule has 26 nitrogen and oxygen atoms in total. The van der Waals surface area contributed by atoms with Crippen LogP contribution in [0.4, 0.5) is 5.69 Å². The third kappa shape index (κ3) is 23.0. The maximum absolute atomic E-state index is 13.7. The van der Waals surface area contributed by atoms with Crippen molar-refractivity contribution in [1.82, 2.24) is 35.6 Å². The molecule has 0 radical (unpaired) electrons. The summed E-state index contributed by atoms with van der Waals surface area (Å²) in [6.45, 7) is 20.5. The Bertz CT molecular complexity index is 5410. The summed E-state index contributed by atoms with van der Waals surface area (Å²) < 4.78 is 35.6. The van der Waals surface area contributed by atoms with Crippen LogP contribution in [0.5, 0.6) is 0 Å². The number of benzene rings is 9. The first-order valence-electron chi connectivity index (χ1n) is 42.9. The number of carbonyl (C=O) groups excluding carboxylic acids is 7. The van der Waals surface area contributed by atoms with Gasteiger partial charge in [-0.2, -0.15) is 5.26 Å². The van der Waals surface area contributed by atoms with Crippen LogP contribution in [0.3, 0.4) is 0 Å². The SMILES string of the molecule is CC1(C)O[C@@H](C(=O)NCc2ccc(-c3ccccc3C#N)cc2)[C@H](C(=O)N2CCCC2c2ccccc2)O1.CC1(C)O[C@@H](C(=O)NCc2ccc(Br)cc2)[C@H](C(=O)N2CCCC2c2ccccc2)O1.CC1(C)O[C@@H](C(=O)O)[C@H](C(=O)N2CCCC2c2ccccc2)O1.[C-]#[N+]c1ccccc1-c1ccc(CNC(=O)[C@H](O)[C@@H](O)C(=O)N2CCCC2c2ccccc2)cc1. The Kier molecular flexibility index (Phi) is 30.6. The van der Waals surface area contributed by atoms with Crippen LogP contribution in [-0.4, -0.2) is 175 Å². The first-order valence-corrected chi connectivity index (χ1v) is 43.7. The molecule has 7 amide bonds. The average molecular weight is 1790 g/mol. The highest BCUT2D eigenvalue weighted by Gasteiger charge is 2.55. The normalized spacial score (nSPS) is 22.7. The predicted molar refractivity (Wildman–Crippen MR) is 476 cm³/mol. The number of rotatable bonds is 21. The Balaban J connectivity index is 0.000000147. The Morgan fingerprint density at radius 3 is 1.12 bits per heavy atom. The summed E-state index contributed by atoms with van der Waals surface area (Å²) in [5.41, 5.74) is 11.5. The lowest BCUT2D eigenvalue weighted by atomic mass is 9.99. The van der Waals surface area contributed by atoms with Gasteiger partial charge in [0.2, 0.25) is 0 Å². The van der Waals surface area contributed by atoms with E-state index >= 15 is 0 Å². The molecule has 6 N–H and O–H groups in total. The van der Waals surface area contributed by atoms with E-state index in [1.54, 1.807) is 58.6 Å². The molecule has 660 valence electrons. The highest BCUT2D eigenvalue weighted by Crippen LogP contribution is 2.42. The Morgan fingerprint density at radius 1 is 0.417 bits per heavy atom. The number of nitriles is 1. The molecule has 0 saturated carbocycles. The number of hydrogen-bond acceptors (Lipinski definition) is 17. The summed E-state index contributed by atoms with van der Waals surface area (Å²) in [6, 6.07) is 78.7. The molecule has 16 rings (SSSR count). The maximum atomic E-state index is 13.7. The van der Waals surface area contributed by atoms with Gasteiger partial charge in [-0.05, 0) is 172 Å². The lowest BCUT2D eigenvalue weighted by Crippen LogP contribution is -2.50. The van der Waals surface area contributed by atoms with Crippen molar-refractivity contribution in [3.63, 3.8) is 0 Å². The molecule has 9 aromatic carbocycles. The molecule has 4 unspecified atom stereocenters. The van der Waals surface area contributed by atoms with Crippen LogP contribution in [0.25, 0.3) is 27.1 Å². The molecular weight excluding hydrogens is 1680 g/mol. The smallest absolute Gasteiger partial charge is 0.336 e. The molecule has 7 heterocycles. The summed E-state index contributed by atoms with van der Waals surface area (Å²) in [7, 11) is 0. The van der Waals surface area contributed by atoms with E-state index in [4.69, 9.17) is 35.0 Å². The van der Waals surface area contributed by atoms with Crippen molar-refractivity contribution in [2.45, 2.75) is 203 Å². The lowest BCUT2D eigenvalue weighted by Gasteiger charge is -2.28. The van der Waals surface area contributed by atoms with Crippen LogP contribution in [-0.2, 0) is 86.4 Å². The van der Waals surface area contributed by atoms with Gasteiger partial charge in [-0.1, -0.05) is 240 Å². The van der Waals surface area contributed by atoms with E-state index in [0.29, 0.717) is 44.0 Å². The number of nitrogens with zero attached hydrogens (tertiary/aromatic N) is 6. The summed E-state index contributed by atoms with van der Waals surface area (Å²) in [5, 5.41) is 47.9. The van der Waals surface area contributed by atoms with Gasteiger partial charge < -0.3 is 79.3 Å². The molecule has 7 aliphatic heterocycles. The van der Waals surface area contributed by atoms with Crippen LogP contribution >= 0.6 is 15.9 Å². The van der Waals surface area contributed by atoms with E-state index in [2.05, 4.69) is 42.8 Å². The largest absolute Gasteiger partial charge is 0.479 e. The second-order valence-electron chi connectivity index (χ2n) is 33.5. The summed E-state index contributed by atoms with van der Waals surface area (Å²) in [4.78, 5) is 113. The molecule has 127 heavy (non-hydrogen) atoms. The topological polar surface area (TPSA) is 330 Å². The molecular formula is C100H106BrN9O17. The number of aliphatic hydroxyl groups is 2. The van der Waals surface area contributed by atoms with Crippen molar-refractivity contribution in [2.24, 2.45) is 0 Å². The fourth-order valence-corrected chi connectivity index (χ4v) is 17.5. The van der Waals surface area contributed by atoms with Gasteiger partial charge in [0.05, 0.1) is 42.4 Å². The number of carboxylic acids is 1. The molecule has 0 spiro atoms. The second kappa shape index (κ2) is 42.0. The Morgan fingerprint density at radius 2 is 0.732 bits per heavy atom. The van der Waals surface area contributed by atoms with E-state index in [1.807, 2.05) is 240 Å². The van der Waals surface area contributed by atoms with E-state index in [9.17, 15) is 58.9 Å². The van der Waals surface area contributed by atoms with Gasteiger partial charge in [0.25, 0.3) is 41.4 Å². The van der Waals surface area contributed by atoms with Crippen LogP contribution in [0.15, 0.2) is 247 Å². The minimum Gasteiger partial charge on any atom is -0.479 e. The first-order chi connectivity index (χ1) is 61.1. The lowest BCUT2D eigenvalue weighted by molar-refractivity contribution is -0.168. The van der Waals surface area contributed by atoms with Gasteiger partial charge >= 0.3 is 5.97 Å². The van der Waals surface area contributed by atoms with Gasteiger partial charge in [-0.3, -0.25) is 33.6 Å². The number of carbonyl (C=O) groups is 8. The standard InChI is InChI=1S/C31H31N3O4.C28H27N3O4.C24H27BrN2O4.C17H21NO5/c1-31(2)37-27(28(38-31)30(36)34-18-8-13-26(34)23-9-4-3-5-10-23)29(35)33-20-21-14-16-22(17-15-21)25-12-7-6-11-24(25)19-32;1-29-23-11-6-5-10-22(23)20-15-13-19(14-16-20)18-30-27(34)25(32)26(33)28(35)31-17-7-12-24(31)21-8-3-2-4-9-21;1-24(2)30-20(22(28)26-15-16-10-12-18(25)13-11-16)21(31-24)23(29)27-14-6-9-19(27)17-7-4-3-5-8-17;1-17(2)22-13(14(23-17)16(20)21)15(19)18-10-6-9-12(18)11-7-4-3-5-8-11/h3-7,9-12,14-17,26-28H,8,13,18,20H2,1-2H3,(H,33,35);2-6,8-11,13-16,24-26,32-33H,7,12,17-18H2,(H,30,34);3-5,7-8,10-13,19-21H,6,9,14-15H2,1-2H3,(H,26,28);3-5,7-8,12-14H,6,9-10H2,1-2H3,(H,20,21)/t26?,27-,28-;24?,25-,26-;19?,20-,21-;12?,13-,14-/m1111/s1. The zero-order chi connectivity index (χ0) is 90.1. The minimum absolute atomic E-state index is 0.00695. The third-order valence-corrected chi connectivity index (χ3v) is 23.9. The van der Waals surface area contributed by atoms with Crippen molar-refractivity contribution in [2.75, 3.05) is 26.2 Å². The summed E-state index contributed by atoms with van der Waals surface area (Å²) in [5.74, 6) is -7.24. The zero-order valence-electron chi connectivity index (χ0n) is 71.7. The van der Waals surface area contributed by atoms with Crippen molar-refractivity contribution in [3.8, 4) is 28.3 Å². The molecule has 12 atom stereocenters. The van der Waals surface area contributed by atoms with Gasteiger partial charge in [0.1, 0.15) is 0 Å². The number of aliphatic hydroxyl groups excluding tert-OH is 2.